The second-order valence-electron chi connectivity index (χ2n) is 3.15. The topological polar surface area (TPSA) is 59.4 Å². The molecule has 1 N–H and O–H groups in total. The zero-order valence-electron chi connectivity index (χ0n) is 8.27. The molecule has 0 aliphatic carbocycles. The standard InChI is InChI=1S/C8H6F3N5S/c9-8(10,11)3-16-6(14-15-7(16)17)5-1-2-12-4-13-5/h1-2,4H,3H2,(H,15,17). The summed E-state index contributed by atoms with van der Waals surface area (Å²) in [5.41, 5.74) is 0.275. The van der Waals surface area contributed by atoms with Crippen molar-refractivity contribution in [1.82, 2.24) is 24.7 Å². The van der Waals surface area contributed by atoms with Crippen LogP contribution in [-0.2, 0) is 6.54 Å². The number of alkyl halides is 3. The van der Waals surface area contributed by atoms with Crippen LogP contribution in [0.3, 0.4) is 0 Å². The van der Waals surface area contributed by atoms with Crippen LogP contribution in [0.1, 0.15) is 0 Å². The Hall–Kier alpha value is -1.77. The van der Waals surface area contributed by atoms with Crippen molar-refractivity contribution in [3.8, 4) is 11.5 Å². The Morgan fingerprint density at radius 3 is 2.76 bits per heavy atom. The first-order valence-electron chi connectivity index (χ1n) is 4.46. The van der Waals surface area contributed by atoms with Gasteiger partial charge in [0.1, 0.15) is 18.6 Å². The van der Waals surface area contributed by atoms with Gasteiger partial charge in [0.2, 0.25) is 0 Å². The van der Waals surface area contributed by atoms with Crippen molar-refractivity contribution in [2.24, 2.45) is 0 Å². The van der Waals surface area contributed by atoms with E-state index in [2.05, 4.69) is 20.2 Å². The van der Waals surface area contributed by atoms with Crippen LogP contribution in [0.25, 0.3) is 11.5 Å². The highest BCUT2D eigenvalue weighted by Gasteiger charge is 2.30. The second-order valence-corrected chi connectivity index (χ2v) is 3.54. The fraction of sp³-hybridized carbons (Fsp3) is 0.250. The van der Waals surface area contributed by atoms with Crippen LogP contribution in [0.4, 0.5) is 13.2 Å². The van der Waals surface area contributed by atoms with E-state index in [4.69, 9.17) is 12.2 Å². The first-order chi connectivity index (χ1) is 7.97. The molecule has 2 aromatic heterocycles. The molecule has 0 saturated heterocycles. The average Bonchev–Trinajstić information content (AvgIpc) is 2.60. The predicted octanol–water partition coefficient (Wildman–Crippen LogP) is 1.96. The summed E-state index contributed by atoms with van der Waals surface area (Å²) in [6.07, 6.45) is -1.73. The molecule has 0 amide bonds. The maximum Gasteiger partial charge on any atom is 0.406 e. The lowest BCUT2D eigenvalue weighted by Crippen LogP contribution is -2.18. The van der Waals surface area contributed by atoms with E-state index in [1.807, 2.05) is 0 Å². The van der Waals surface area contributed by atoms with Gasteiger partial charge in [-0.15, -0.1) is 0 Å². The number of hydrogen-bond acceptors (Lipinski definition) is 4. The van der Waals surface area contributed by atoms with Gasteiger partial charge in [-0.3, -0.25) is 9.67 Å². The molecule has 2 aromatic rings. The lowest BCUT2D eigenvalue weighted by atomic mass is 10.4. The van der Waals surface area contributed by atoms with E-state index < -0.39 is 12.7 Å². The summed E-state index contributed by atoms with van der Waals surface area (Å²) >= 11 is 4.74. The Labute approximate surface area is 98.3 Å². The molecule has 0 fully saturated rings. The predicted molar refractivity (Wildman–Crippen MR) is 54.5 cm³/mol. The minimum Gasteiger partial charge on any atom is -0.290 e. The third kappa shape index (κ3) is 2.67. The molecule has 0 spiro atoms. The lowest BCUT2D eigenvalue weighted by molar-refractivity contribution is -0.140. The third-order valence-corrected chi connectivity index (χ3v) is 2.22. The van der Waals surface area contributed by atoms with Crippen molar-refractivity contribution in [3.05, 3.63) is 23.4 Å². The van der Waals surface area contributed by atoms with Gasteiger partial charge in [0.05, 0.1) is 0 Å². The van der Waals surface area contributed by atoms with E-state index in [1.165, 1.54) is 18.6 Å². The zero-order chi connectivity index (χ0) is 12.5. The minimum absolute atomic E-state index is 0.0368. The molecule has 0 atom stereocenters. The molecule has 0 aliphatic heterocycles. The summed E-state index contributed by atoms with van der Waals surface area (Å²) in [7, 11) is 0. The molecule has 0 radical (unpaired) electrons. The van der Waals surface area contributed by atoms with Crippen molar-refractivity contribution in [2.75, 3.05) is 0 Å². The third-order valence-electron chi connectivity index (χ3n) is 1.91. The Morgan fingerprint density at radius 1 is 1.41 bits per heavy atom. The van der Waals surface area contributed by atoms with E-state index >= 15 is 0 Å². The summed E-state index contributed by atoms with van der Waals surface area (Å²) in [6.45, 7) is -1.21. The smallest absolute Gasteiger partial charge is 0.290 e. The van der Waals surface area contributed by atoms with Gasteiger partial charge in [0.25, 0.3) is 0 Å². The number of aromatic amines is 1. The molecule has 90 valence electrons. The van der Waals surface area contributed by atoms with Gasteiger partial charge in [-0.25, -0.2) is 9.97 Å². The average molecular weight is 261 g/mol. The first kappa shape index (κ1) is 11.7. The molecule has 0 unspecified atom stereocenters. The number of aromatic nitrogens is 5. The Morgan fingerprint density at radius 2 is 2.18 bits per heavy atom. The SMILES string of the molecule is FC(F)(F)Cn1c(-c2ccncn2)n[nH]c1=S. The number of H-pyrrole nitrogens is 1. The molecular formula is C8H6F3N5S. The first-order valence-corrected chi connectivity index (χ1v) is 4.86. The van der Waals surface area contributed by atoms with Crippen molar-refractivity contribution in [2.45, 2.75) is 12.7 Å². The quantitative estimate of drug-likeness (QED) is 0.839. The molecule has 2 rings (SSSR count). The van der Waals surface area contributed by atoms with Crippen molar-refractivity contribution in [3.63, 3.8) is 0 Å². The maximum absolute atomic E-state index is 12.4. The van der Waals surface area contributed by atoms with Gasteiger partial charge in [-0.05, 0) is 18.3 Å². The lowest BCUT2D eigenvalue weighted by Gasteiger charge is -2.08. The summed E-state index contributed by atoms with van der Waals surface area (Å²) < 4.78 is 37.8. The highest BCUT2D eigenvalue weighted by atomic mass is 32.1. The highest BCUT2D eigenvalue weighted by Crippen LogP contribution is 2.21. The van der Waals surface area contributed by atoms with E-state index in [-0.39, 0.29) is 16.3 Å². The van der Waals surface area contributed by atoms with Crippen LogP contribution >= 0.6 is 12.2 Å². The molecular weight excluding hydrogens is 255 g/mol. The monoisotopic (exact) mass is 261 g/mol. The molecule has 2 heterocycles. The summed E-state index contributed by atoms with van der Waals surface area (Å²) in [4.78, 5) is 7.50. The zero-order valence-corrected chi connectivity index (χ0v) is 9.09. The minimum atomic E-state index is -4.37. The molecule has 0 saturated carbocycles. The molecule has 0 aromatic carbocycles. The molecule has 0 bridgehead atoms. The van der Waals surface area contributed by atoms with E-state index in [0.717, 1.165) is 4.57 Å². The number of rotatable bonds is 2. The van der Waals surface area contributed by atoms with Crippen LogP contribution in [-0.4, -0.2) is 30.9 Å². The summed E-state index contributed by atoms with van der Waals surface area (Å²) in [6, 6.07) is 1.46. The van der Waals surface area contributed by atoms with Crippen molar-refractivity contribution >= 4 is 12.2 Å². The van der Waals surface area contributed by atoms with Gasteiger partial charge in [-0.2, -0.15) is 18.3 Å². The van der Waals surface area contributed by atoms with E-state index in [9.17, 15) is 13.2 Å². The van der Waals surface area contributed by atoms with E-state index in [0.29, 0.717) is 0 Å². The largest absolute Gasteiger partial charge is 0.406 e. The second kappa shape index (κ2) is 4.24. The molecule has 0 aliphatic rings. The highest BCUT2D eigenvalue weighted by molar-refractivity contribution is 7.71. The fourth-order valence-corrected chi connectivity index (χ4v) is 1.46. The van der Waals surface area contributed by atoms with E-state index in [1.54, 1.807) is 0 Å². The maximum atomic E-state index is 12.4. The van der Waals surface area contributed by atoms with Crippen molar-refractivity contribution < 1.29 is 13.2 Å². The number of hydrogen-bond donors (Lipinski definition) is 1. The van der Waals surface area contributed by atoms with Crippen LogP contribution in [0.5, 0.6) is 0 Å². The summed E-state index contributed by atoms with van der Waals surface area (Å²) in [5.74, 6) is 0.0368. The Kier molecular flexibility index (Phi) is 2.92. The van der Waals surface area contributed by atoms with Crippen LogP contribution in [0, 0.1) is 4.77 Å². The van der Waals surface area contributed by atoms with Crippen molar-refractivity contribution in [1.29, 1.82) is 0 Å². The van der Waals surface area contributed by atoms with Gasteiger partial charge in [0.15, 0.2) is 10.6 Å². The summed E-state index contributed by atoms with van der Waals surface area (Å²) in [5, 5.41) is 6.04. The molecule has 9 heteroatoms. The number of halogens is 3. The van der Waals surface area contributed by atoms with Gasteiger partial charge in [0, 0.05) is 6.20 Å². The van der Waals surface area contributed by atoms with Gasteiger partial charge < -0.3 is 0 Å². The van der Waals surface area contributed by atoms with Crippen LogP contribution < -0.4 is 0 Å². The Balaban J connectivity index is 2.47. The number of nitrogens with one attached hydrogen (secondary N) is 1. The van der Waals surface area contributed by atoms with Crippen LogP contribution in [0.15, 0.2) is 18.6 Å². The number of nitrogens with zero attached hydrogens (tertiary/aromatic N) is 4. The normalized spacial score (nSPS) is 11.7. The Bertz CT molecular complexity index is 559. The van der Waals surface area contributed by atoms with Gasteiger partial charge >= 0.3 is 6.18 Å². The fourth-order valence-electron chi connectivity index (χ4n) is 1.26. The molecule has 17 heavy (non-hydrogen) atoms. The molecule has 5 nitrogen and oxygen atoms in total. The van der Waals surface area contributed by atoms with Crippen LogP contribution in [0.2, 0.25) is 0 Å². The van der Waals surface area contributed by atoms with Gasteiger partial charge in [-0.1, -0.05) is 0 Å².